The second-order valence-electron chi connectivity index (χ2n) is 8.61. The van der Waals surface area contributed by atoms with Crippen LogP contribution >= 0.6 is 0 Å². The summed E-state index contributed by atoms with van der Waals surface area (Å²) < 4.78 is 6.18. The standard InChI is InChI=1S/C19H35NO/c1-16(2)13-18(8-3-4-9-18)15-20-17-7-12-21-19(14-17)10-5-6-11-19/h16-17,20H,3-15H2,1-2H3. The van der Waals surface area contributed by atoms with Gasteiger partial charge in [-0.05, 0) is 56.3 Å². The van der Waals surface area contributed by atoms with E-state index in [-0.39, 0.29) is 5.60 Å². The maximum Gasteiger partial charge on any atom is 0.0697 e. The Balaban J connectivity index is 1.53. The van der Waals surface area contributed by atoms with Crippen molar-refractivity contribution in [2.45, 2.75) is 96.1 Å². The molecule has 122 valence electrons. The lowest BCUT2D eigenvalue weighted by atomic mass is 9.78. The summed E-state index contributed by atoms with van der Waals surface area (Å²) in [6.07, 6.45) is 15.1. The number of rotatable bonds is 5. The molecule has 1 saturated heterocycles. The van der Waals surface area contributed by atoms with Crippen molar-refractivity contribution < 1.29 is 4.74 Å². The van der Waals surface area contributed by atoms with Gasteiger partial charge in [-0.3, -0.25) is 0 Å². The Labute approximate surface area is 131 Å². The van der Waals surface area contributed by atoms with Crippen molar-refractivity contribution in [3.8, 4) is 0 Å². The average molecular weight is 293 g/mol. The van der Waals surface area contributed by atoms with Gasteiger partial charge in [0.1, 0.15) is 0 Å². The van der Waals surface area contributed by atoms with Gasteiger partial charge in [-0.2, -0.15) is 0 Å². The SMILES string of the molecule is CC(C)CC1(CNC2CCOC3(CCCC3)C2)CCCC1. The van der Waals surface area contributed by atoms with Crippen LogP contribution in [-0.4, -0.2) is 24.8 Å². The molecule has 0 aromatic heterocycles. The minimum absolute atomic E-state index is 0.261. The summed E-state index contributed by atoms with van der Waals surface area (Å²) >= 11 is 0. The first kappa shape index (κ1) is 15.8. The zero-order chi connectivity index (χ0) is 14.8. The molecule has 3 rings (SSSR count). The first-order valence-corrected chi connectivity index (χ1v) is 9.49. The highest BCUT2D eigenvalue weighted by atomic mass is 16.5. The van der Waals surface area contributed by atoms with Gasteiger partial charge in [-0.15, -0.1) is 0 Å². The van der Waals surface area contributed by atoms with Crippen molar-refractivity contribution >= 4 is 0 Å². The van der Waals surface area contributed by atoms with E-state index in [4.69, 9.17) is 4.74 Å². The van der Waals surface area contributed by atoms with Gasteiger partial charge in [0.05, 0.1) is 5.60 Å². The molecule has 1 heterocycles. The fourth-order valence-corrected chi connectivity index (χ4v) is 5.37. The van der Waals surface area contributed by atoms with Crippen molar-refractivity contribution in [2.75, 3.05) is 13.2 Å². The highest BCUT2D eigenvalue weighted by molar-refractivity contribution is 4.95. The second kappa shape index (κ2) is 6.58. The van der Waals surface area contributed by atoms with E-state index < -0.39 is 0 Å². The highest BCUT2D eigenvalue weighted by Gasteiger charge is 2.41. The Morgan fingerprint density at radius 2 is 1.71 bits per heavy atom. The second-order valence-corrected chi connectivity index (χ2v) is 8.61. The average Bonchev–Trinajstić information content (AvgIpc) is 3.07. The van der Waals surface area contributed by atoms with Gasteiger partial charge in [-0.1, -0.05) is 39.5 Å². The largest absolute Gasteiger partial charge is 0.375 e. The zero-order valence-electron chi connectivity index (χ0n) is 14.3. The molecule has 1 N–H and O–H groups in total. The van der Waals surface area contributed by atoms with E-state index in [1.807, 2.05) is 0 Å². The quantitative estimate of drug-likeness (QED) is 0.795. The predicted molar refractivity (Wildman–Crippen MR) is 88.5 cm³/mol. The third kappa shape index (κ3) is 3.82. The molecule has 3 fully saturated rings. The molecule has 1 aliphatic heterocycles. The summed E-state index contributed by atoms with van der Waals surface area (Å²) in [4.78, 5) is 0. The molecule has 0 amide bonds. The number of nitrogens with one attached hydrogen (secondary N) is 1. The van der Waals surface area contributed by atoms with Crippen molar-refractivity contribution in [2.24, 2.45) is 11.3 Å². The molecule has 1 spiro atoms. The van der Waals surface area contributed by atoms with Crippen LogP contribution < -0.4 is 5.32 Å². The van der Waals surface area contributed by atoms with E-state index in [0.717, 1.165) is 12.5 Å². The van der Waals surface area contributed by atoms with Crippen molar-refractivity contribution in [3.63, 3.8) is 0 Å². The minimum atomic E-state index is 0.261. The third-order valence-electron chi connectivity index (χ3n) is 6.28. The van der Waals surface area contributed by atoms with Crippen LogP contribution in [0.5, 0.6) is 0 Å². The lowest BCUT2D eigenvalue weighted by molar-refractivity contribution is -0.0846. The van der Waals surface area contributed by atoms with E-state index in [1.165, 1.54) is 77.2 Å². The van der Waals surface area contributed by atoms with Gasteiger partial charge in [0, 0.05) is 19.2 Å². The lowest BCUT2D eigenvalue weighted by Gasteiger charge is -2.40. The van der Waals surface area contributed by atoms with Crippen LogP contribution in [0.15, 0.2) is 0 Å². The molecule has 0 aromatic rings. The Morgan fingerprint density at radius 3 is 2.38 bits per heavy atom. The van der Waals surface area contributed by atoms with Gasteiger partial charge >= 0.3 is 0 Å². The molecule has 0 aromatic carbocycles. The topological polar surface area (TPSA) is 21.3 Å². The summed E-state index contributed by atoms with van der Waals surface area (Å²) in [6, 6.07) is 0.710. The monoisotopic (exact) mass is 293 g/mol. The Hall–Kier alpha value is -0.0800. The van der Waals surface area contributed by atoms with Crippen LogP contribution in [0.25, 0.3) is 0 Å². The summed E-state index contributed by atoms with van der Waals surface area (Å²) in [7, 11) is 0. The molecule has 1 atom stereocenters. The molecule has 0 radical (unpaired) electrons. The molecule has 0 bridgehead atoms. The normalized spacial score (nSPS) is 31.3. The van der Waals surface area contributed by atoms with Crippen molar-refractivity contribution in [3.05, 3.63) is 0 Å². The van der Waals surface area contributed by atoms with Crippen LogP contribution in [0.3, 0.4) is 0 Å². The predicted octanol–water partition coefficient (Wildman–Crippen LogP) is 4.67. The van der Waals surface area contributed by atoms with E-state index in [0.29, 0.717) is 11.5 Å². The summed E-state index contributed by atoms with van der Waals surface area (Å²) in [5.41, 5.74) is 0.867. The first-order valence-electron chi connectivity index (χ1n) is 9.49. The smallest absolute Gasteiger partial charge is 0.0697 e. The molecular formula is C19H35NO. The highest BCUT2D eigenvalue weighted by Crippen LogP contribution is 2.44. The zero-order valence-corrected chi connectivity index (χ0v) is 14.3. The van der Waals surface area contributed by atoms with Crippen LogP contribution in [0.2, 0.25) is 0 Å². The summed E-state index contributed by atoms with van der Waals surface area (Å²) in [6.45, 7) is 7.02. The van der Waals surface area contributed by atoms with E-state index in [2.05, 4.69) is 19.2 Å². The molecule has 2 saturated carbocycles. The van der Waals surface area contributed by atoms with E-state index in [9.17, 15) is 0 Å². The molecule has 2 aliphatic carbocycles. The Morgan fingerprint density at radius 1 is 1.05 bits per heavy atom. The summed E-state index contributed by atoms with van der Waals surface area (Å²) in [5.74, 6) is 0.834. The fraction of sp³-hybridized carbons (Fsp3) is 1.00. The van der Waals surface area contributed by atoms with Crippen molar-refractivity contribution in [1.29, 1.82) is 0 Å². The van der Waals surface area contributed by atoms with Crippen LogP contribution in [0.4, 0.5) is 0 Å². The first-order chi connectivity index (χ1) is 10.1. The number of hydrogen-bond donors (Lipinski definition) is 1. The Kier molecular flexibility index (Phi) is 4.95. The molecule has 3 aliphatic rings. The number of hydrogen-bond acceptors (Lipinski definition) is 2. The van der Waals surface area contributed by atoms with Gasteiger partial charge in [0.2, 0.25) is 0 Å². The maximum absolute atomic E-state index is 6.18. The third-order valence-corrected chi connectivity index (χ3v) is 6.28. The van der Waals surface area contributed by atoms with Gasteiger partial charge in [0.15, 0.2) is 0 Å². The Bertz CT molecular complexity index is 326. The molecule has 2 heteroatoms. The van der Waals surface area contributed by atoms with Gasteiger partial charge < -0.3 is 10.1 Å². The lowest BCUT2D eigenvalue weighted by Crippen LogP contribution is -2.48. The molecule has 21 heavy (non-hydrogen) atoms. The van der Waals surface area contributed by atoms with Crippen LogP contribution in [0, 0.1) is 11.3 Å². The maximum atomic E-state index is 6.18. The molecule has 1 unspecified atom stereocenters. The minimum Gasteiger partial charge on any atom is -0.375 e. The van der Waals surface area contributed by atoms with E-state index in [1.54, 1.807) is 0 Å². The van der Waals surface area contributed by atoms with Gasteiger partial charge in [-0.25, -0.2) is 0 Å². The van der Waals surface area contributed by atoms with Crippen molar-refractivity contribution in [1.82, 2.24) is 5.32 Å². The summed E-state index contributed by atoms with van der Waals surface area (Å²) in [5, 5.41) is 3.98. The van der Waals surface area contributed by atoms with E-state index >= 15 is 0 Å². The van der Waals surface area contributed by atoms with Crippen LogP contribution in [0.1, 0.15) is 84.5 Å². The molecule has 2 nitrogen and oxygen atoms in total. The number of ether oxygens (including phenoxy) is 1. The van der Waals surface area contributed by atoms with Crippen LogP contribution in [-0.2, 0) is 4.74 Å². The molecular weight excluding hydrogens is 258 g/mol. The fourth-order valence-electron chi connectivity index (χ4n) is 5.37. The van der Waals surface area contributed by atoms with Gasteiger partial charge in [0.25, 0.3) is 0 Å².